The zero-order chi connectivity index (χ0) is 15.5. The van der Waals surface area contributed by atoms with Crippen molar-refractivity contribution in [2.24, 2.45) is 11.7 Å². The van der Waals surface area contributed by atoms with E-state index in [-0.39, 0.29) is 17.5 Å². The number of sulfonamides is 1. The lowest BCUT2D eigenvalue weighted by molar-refractivity contribution is 0.530. The van der Waals surface area contributed by atoms with Crippen LogP contribution in [-0.4, -0.2) is 21.0 Å². The van der Waals surface area contributed by atoms with Gasteiger partial charge >= 0.3 is 0 Å². The lowest BCUT2D eigenvalue weighted by atomic mass is 10.1. The molecule has 0 aliphatic heterocycles. The van der Waals surface area contributed by atoms with Crippen LogP contribution in [-0.2, 0) is 10.0 Å². The second kappa shape index (κ2) is 6.61. The Hall–Kier alpha value is -1.35. The molecule has 21 heavy (non-hydrogen) atoms. The van der Waals surface area contributed by atoms with E-state index in [0.717, 1.165) is 12.0 Å². The quantitative estimate of drug-likeness (QED) is 0.814. The largest absolute Gasteiger partial charge is 0.320 e. The van der Waals surface area contributed by atoms with Gasteiger partial charge in [-0.15, -0.1) is 0 Å². The first-order chi connectivity index (χ1) is 9.92. The molecular weight excluding hydrogens is 284 g/mol. The fraction of sp³-hybridized carbons (Fsp3) is 0.500. The first-order valence-electron chi connectivity index (χ1n) is 7.24. The first-order valence-corrected chi connectivity index (χ1v) is 8.72. The van der Waals surface area contributed by atoms with Crippen LogP contribution in [0.1, 0.15) is 37.3 Å². The van der Waals surface area contributed by atoms with Gasteiger partial charge in [0.25, 0.3) is 0 Å². The van der Waals surface area contributed by atoms with Crippen molar-refractivity contribution >= 4 is 10.0 Å². The zero-order valence-electron chi connectivity index (χ0n) is 12.5. The van der Waals surface area contributed by atoms with Crippen LogP contribution < -0.4 is 10.5 Å². The van der Waals surface area contributed by atoms with Gasteiger partial charge in [-0.2, -0.15) is 0 Å². The zero-order valence-corrected chi connectivity index (χ0v) is 13.3. The molecule has 0 heterocycles. The Morgan fingerprint density at radius 3 is 2.76 bits per heavy atom. The highest BCUT2D eigenvalue weighted by molar-refractivity contribution is 7.89. The van der Waals surface area contributed by atoms with E-state index in [1.165, 1.54) is 12.8 Å². The Bertz CT molecular complexity index is 667. The van der Waals surface area contributed by atoms with Crippen molar-refractivity contribution in [2.45, 2.75) is 44.0 Å². The van der Waals surface area contributed by atoms with Crippen molar-refractivity contribution in [1.82, 2.24) is 4.72 Å². The first kappa shape index (κ1) is 16.0. The predicted octanol–water partition coefficient (Wildman–Crippen LogP) is 1.77. The SMILES string of the molecule is Cc1ccc(S(=O)(=O)NC(C)CC2CC2)c(C#CCN)c1. The molecule has 1 fully saturated rings. The maximum absolute atomic E-state index is 12.5. The van der Waals surface area contributed by atoms with Gasteiger partial charge in [0.05, 0.1) is 11.4 Å². The average Bonchev–Trinajstić information content (AvgIpc) is 3.19. The van der Waals surface area contributed by atoms with E-state index in [0.29, 0.717) is 11.5 Å². The molecule has 1 saturated carbocycles. The summed E-state index contributed by atoms with van der Waals surface area (Å²) < 4.78 is 27.8. The second-order valence-corrected chi connectivity index (χ2v) is 7.39. The molecule has 1 aliphatic carbocycles. The molecule has 5 heteroatoms. The number of hydrogen-bond acceptors (Lipinski definition) is 3. The maximum atomic E-state index is 12.5. The summed E-state index contributed by atoms with van der Waals surface area (Å²) >= 11 is 0. The van der Waals surface area contributed by atoms with Crippen molar-refractivity contribution in [3.05, 3.63) is 29.3 Å². The number of rotatable bonds is 5. The highest BCUT2D eigenvalue weighted by atomic mass is 32.2. The van der Waals surface area contributed by atoms with Crippen molar-refractivity contribution in [3.8, 4) is 11.8 Å². The topological polar surface area (TPSA) is 72.2 Å². The van der Waals surface area contributed by atoms with Gasteiger partial charge < -0.3 is 5.73 Å². The van der Waals surface area contributed by atoms with E-state index < -0.39 is 10.0 Å². The van der Waals surface area contributed by atoms with Crippen LogP contribution >= 0.6 is 0 Å². The molecule has 1 aromatic rings. The van der Waals surface area contributed by atoms with Crippen molar-refractivity contribution in [2.75, 3.05) is 6.54 Å². The van der Waals surface area contributed by atoms with E-state index in [1.807, 2.05) is 13.8 Å². The summed E-state index contributed by atoms with van der Waals surface area (Å²) in [7, 11) is -3.55. The van der Waals surface area contributed by atoms with Gasteiger partial charge in [0.1, 0.15) is 0 Å². The van der Waals surface area contributed by atoms with Crippen molar-refractivity contribution in [1.29, 1.82) is 0 Å². The van der Waals surface area contributed by atoms with Gasteiger partial charge in [0.15, 0.2) is 0 Å². The molecule has 4 nitrogen and oxygen atoms in total. The van der Waals surface area contributed by atoms with E-state index in [9.17, 15) is 8.42 Å². The number of aryl methyl sites for hydroxylation is 1. The average molecular weight is 306 g/mol. The molecule has 1 aromatic carbocycles. The summed E-state index contributed by atoms with van der Waals surface area (Å²) in [5, 5.41) is 0. The molecule has 0 saturated heterocycles. The van der Waals surface area contributed by atoms with E-state index in [2.05, 4.69) is 16.6 Å². The monoisotopic (exact) mass is 306 g/mol. The van der Waals surface area contributed by atoms with Gasteiger partial charge in [-0.25, -0.2) is 13.1 Å². The minimum absolute atomic E-state index is 0.0564. The molecule has 1 atom stereocenters. The van der Waals surface area contributed by atoms with Crippen LogP contribution in [0.3, 0.4) is 0 Å². The Morgan fingerprint density at radius 2 is 2.14 bits per heavy atom. The van der Waals surface area contributed by atoms with Gasteiger partial charge in [0, 0.05) is 11.6 Å². The van der Waals surface area contributed by atoms with Crippen LogP contribution in [0.4, 0.5) is 0 Å². The number of nitrogens with one attached hydrogen (secondary N) is 1. The van der Waals surface area contributed by atoms with Crippen LogP contribution in [0.2, 0.25) is 0 Å². The molecule has 1 unspecified atom stereocenters. The summed E-state index contributed by atoms with van der Waals surface area (Å²) in [6.45, 7) is 4.03. The third-order valence-electron chi connectivity index (χ3n) is 3.49. The minimum Gasteiger partial charge on any atom is -0.320 e. The van der Waals surface area contributed by atoms with Crippen LogP contribution in [0.25, 0.3) is 0 Å². The summed E-state index contributed by atoms with van der Waals surface area (Å²) in [5.41, 5.74) is 6.86. The van der Waals surface area contributed by atoms with Crippen LogP contribution in [0, 0.1) is 24.7 Å². The Morgan fingerprint density at radius 1 is 1.43 bits per heavy atom. The molecule has 0 radical (unpaired) electrons. The molecule has 1 aliphatic rings. The van der Waals surface area contributed by atoms with Crippen molar-refractivity contribution < 1.29 is 8.42 Å². The standard InChI is InChI=1S/C16H22N2O2S/c1-12-5-8-16(15(10-12)4-3-9-17)21(19,20)18-13(2)11-14-6-7-14/h5,8,10,13-14,18H,6-7,9,11,17H2,1-2H3. The van der Waals surface area contributed by atoms with Gasteiger partial charge in [-0.1, -0.05) is 30.7 Å². The summed E-state index contributed by atoms with van der Waals surface area (Å²) in [6, 6.07) is 5.12. The Balaban J connectivity index is 2.25. The third kappa shape index (κ3) is 4.57. The highest BCUT2D eigenvalue weighted by Crippen LogP contribution is 2.33. The fourth-order valence-electron chi connectivity index (χ4n) is 2.35. The summed E-state index contributed by atoms with van der Waals surface area (Å²) in [4.78, 5) is 0.233. The van der Waals surface area contributed by atoms with Crippen molar-refractivity contribution in [3.63, 3.8) is 0 Å². The van der Waals surface area contributed by atoms with E-state index in [4.69, 9.17) is 5.73 Å². The third-order valence-corrected chi connectivity index (χ3v) is 5.14. The van der Waals surface area contributed by atoms with Gasteiger partial charge in [-0.05, 0) is 43.9 Å². The van der Waals surface area contributed by atoms with Gasteiger partial charge in [0.2, 0.25) is 10.0 Å². The smallest absolute Gasteiger partial charge is 0.242 e. The summed E-state index contributed by atoms with van der Waals surface area (Å²) in [6.07, 6.45) is 3.32. The number of nitrogens with two attached hydrogens (primary N) is 1. The molecule has 0 aromatic heterocycles. The predicted molar refractivity (Wildman–Crippen MR) is 84.2 cm³/mol. The molecule has 0 amide bonds. The normalized spacial score (nSPS) is 16.1. The van der Waals surface area contributed by atoms with Crippen LogP contribution in [0.5, 0.6) is 0 Å². The van der Waals surface area contributed by atoms with E-state index >= 15 is 0 Å². The molecule has 3 N–H and O–H groups in total. The number of benzene rings is 1. The number of hydrogen-bond donors (Lipinski definition) is 2. The Labute approximate surface area is 127 Å². The molecule has 0 spiro atoms. The summed E-state index contributed by atoms with van der Waals surface area (Å²) in [5.74, 6) is 6.26. The molecule has 0 bridgehead atoms. The second-order valence-electron chi connectivity index (χ2n) is 5.71. The Kier molecular flexibility index (Phi) is 5.04. The highest BCUT2D eigenvalue weighted by Gasteiger charge is 2.27. The molecular formula is C16H22N2O2S. The maximum Gasteiger partial charge on any atom is 0.242 e. The van der Waals surface area contributed by atoms with E-state index in [1.54, 1.807) is 18.2 Å². The molecule has 114 valence electrons. The lowest BCUT2D eigenvalue weighted by Crippen LogP contribution is -2.33. The van der Waals surface area contributed by atoms with Gasteiger partial charge in [-0.3, -0.25) is 0 Å². The minimum atomic E-state index is -3.55. The lowest BCUT2D eigenvalue weighted by Gasteiger charge is -2.15. The van der Waals surface area contributed by atoms with Crippen LogP contribution in [0.15, 0.2) is 23.1 Å². The molecule has 2 rings (SSSR count). The fourth-order valence-corrected chi connectivity index (χ4v) is 3.75.